The number of hydrogen-bond acceptors (Lipinski definition) is 2. The van der Waals surface area contributed by atoms with E-state index in [0.717, 1.165) is 24.2 Å². The summed E-state index contributed by atoms with van der Waals surface area (Å²) in [6.07, 6.45) is 7.24. The summed E-state index contributed by atoms with van der Waals surface area (Å²) >= 11 is 1.32. The second-order valence-corrected chi connectivity index (χ2v) is 6.79. The Balaban J connectivity index is 1.84. The van der Waals surface area contributed by atoms with Gasteiger partial charge in [-0.05, 0) is 54.6 Å². The number of rotatable bonds is 4. The van der Waals surface area contributed by atoms with Gasteiger partial charge in [-0.15, -0.1) is 0 Å². The monoisotopic (exact) mass is 291 g/mol. The molecular formula is C17H25NOS. The molecule has 0 bridgehead atoms. The van der Waals surface area contributed by atoms with Crippen molar-refractivity contribution < 1.29 is 4.79 Å². The van der Waals surface area contributed by atoms with Crippen LogP contribution in [0.5, 0.6) is 0 Å². The van der Waals surface area contributed by atoms with Crippen LogP contribution in [0.1, 0.15) is 63.9 Å². The van der Waals surface area contributed by atoms with Gasteiger partial charge in [-0.3, -0.25) is 4.79 Å². The van der Waals surface area contributed by atoms with Gasteiger partial charge >= 0.3 is 0 Å². The Kier molecular flexibility index (Phi) is 5.96. The van der Waals surface area contributed by atoms with E-state index >= 15 is 0 Å². The summed E-state index contributed by atoms with van der Waals surface area (Å²) in [5.74, 6) is 0.588. The fourth-order valence-corrected chi connectivity index (χ4v) is 3.36. The third kappa shape index (κ3) is 4.55. The molecule has 20 heavy (non-hydrogen) atoms. The van der Waals surface area contributed by atoms with E-state index in [1.54, 1.807) is 0 Å². The number of hydrogen-bond donors (Lipinski definition) is 1. The Morgan fingerprint density at radius 3 is 2.50 bits per heavy atom. The molecule has 2 rings (SSSR count). The highest BCUT2D eigenvalue weighted by molar-refractivity contribution is 8.13. The molecule has 1 fully saturated rings. The van der Waals surface area contributed by atoms with Crippen molar-refractivity contribution in [2.45, 2.75) is 69.2 Å². The zero-order valence-electron chi connectivity index (χ0n) is 12.5. The maximum Gasteiger partial charge on any atom is 0.284 e. The van der Waals surface area contributed by atoms with Gasteiger partial charge in [0.15, 0.2) is 0 Å². The largest absolute Gasteiger partial charge is 0.344 e. The summed E-state index contributed by atoms with van der Waals surface area (Å²) in [7, 11) is 0. The van der Waals surface area contributed by atoms with E-state index in [2.05, 4.69) is 43.4 Å². The topological polar surface area (TPSA) is 29.1 Å². The van der Waals surface area contributed by atoms with Gasteiger partial charge in [0.2, 0.25) is 0 Å². The van der Waals surface area contributed by atoms with Gasteiger partial charge in [0.1, 0.15) is 0 Å². The third-order valence-corrected chi connectivity index (χ3v) is 5.01. The molecule has 0 radical (unpaired) electrons. The smallest absolute Gasteiger partial charge is 0.284 e. The lowest BCUT2D eigenvalue weighted by atomic mass is 9.96. The number of benzene rings is 1. The molecule has 1 atom stereocenters. The van der Waals surface area contributed by atoms with Crippen molar-refractivity contribution in [3.63, 3.8) is 0 Å². The Bertz CT molecular complexity index is 423. The first-order valence-electron chi connectivity index (χ1n) is 7.77. The molecule has 1 saturated carbocycles. The summed E-state index contributed by atoms with van der Waals surface area (Å²) in [6.45, 7) is 4.43. The van der Waals surface area contributed by atoms with E-state index in [0.29, 0.717) is 12.0 Å². The van der Waals surface area contributed by atoms with Gasteiger partial charge in [0.05, 0.1) is 0 Å². The zero-order chi connectivity index (χ0) is 14.4. The maximum atomic E-state index is 12.0. The van der Waals surface area contributed by atoms with Gasteiger partial charge in [0, 0.05) is 10.9 Å². The summed E-state index contributed by atoms with van der Waals surface area (Å²) in [5, 5.41) is 3.23. The molecule has 0 heterocycles. The van der Waals surface area contributed by atoms with Gasteiger partial charge in [0.25, 0.3) is 5.24 Å². The third-order valence-electron chi connectivity index (χ3n) is 4.20. The molecule has 1 aromatic rings. The summed E-state index contributed by atoms with van der Waals surface area (Å²) in [4.78, 5) is 13.0. The molecule has 0 aromatic heterocycles. The minimum absolute atomic E-state index is 0.0909. The molecule has 1 aliphatic carbocycles. The molecule has 1 aliphatic rings. The molecule has 0 spiro atoms. The van der Waals surface area contributed by atoms with Crippen LogP contribution in [-0.4, -0.2) is 11.3 Å². The summed E-state index contributed by atoms with van der Waals surface area (Å²) in [5.41, 5.74) is 1.35. The summed E-state index contributed by atoms with van der Waals surface area (Å²) < 4.78 is 0. The van der Waals surface area contributed by atoms with Gasteiger partial charge < -0.3 is 5.32 Å². The minimum atomic E-state index is 0.0909. The lowest BCUT2D eigenvalue weighted by molar-refractivity contribution is 0.253. The van der Waals surface area contributed by atoms with Gasteiger partial charge in [-0.2, -0.15) is 0 Å². The van der Waals surface area contributed by atoms with E-state index in [1.165, 1.54) is 36.6 Å². The number of carbonyl (C=O) groups excluding carboxylic acids is 1. The second kappa shape index (κ2) is 7.72. The van der Waals surface area contributed by atoms with Crippen molar-refractivity contribution in [2.24, 2.45) is 0 Å². The van der Waals surface area contributed by atoms with Crippen LogP contribution in [0.4, 0.5) is 4.79 Å². The van der Waals surface area contributed by atoms with Gasteiger partial charge in [-0.25, -0.2) is 0 Å². The Labute approximate surface area is 126 Å². The molecule has 0 saturated heterocycles. The maximum absolute atomic E-state index is 12.0. The van der Waals surface area contributed by atoms with E-state index in [4.69, 9.17) is 0 Å². The molecule has 2 nitrogen and oxygen atoms in total. The normalized spacial score (nSPS) is 17.7. The molecular weight excluding hydrogens is 266 g/mol. The van der Waals surface area contributed by atoms with E-state index in [-0.39, 0.29) is 5.24 Å². The fourth-order valence-electron chi connectivity index (χ4n) is 2.65. The first-order valence-corrected chi connectivity index (χ1v) is 8.59. The van der Waals surface area contributed by atoms with Crippen molar-refractivity contribution in [1.29, 1.82) is 0 Å². The average Bonchev–Trinajstić information content (AvgIpc) is 2.48. The van der Waals surface area contributed by atoms with Crippen LogP contribution >= 0.6 is 11.8 Å². The van der Waals surface area contributed by atoms with Crippen molar-refractivity contribution in [3.05, 3.63) is 29.8 Å². The van der Waals surface area contributed by atoms with Crippen molar-refractivity contribution in [3.8, 4) is 0 Å². The van der Waals surface area contributed by atoms with Crippen LogP contribution in [-0.2, 0) is 0 Å². The zero-order valence-corrected chi connectivity index (χ0v) is 13.3. The molecule has 1 N–H and O–H groups in total. The second-order valence-electron chi connectivity index (χ2n) is 5.75. The fraction of sp³-hybridized carbons (Fsp3) is 0.588. The van der Waals surface area contributed by atoms with E-state index < -0.39 is 0 Å². The number of amides is 1. The molecule has 1 amide bonds. The number of thioether (sulfide) groups is 1. The number of nitrogens with one attached hydrogen (secondary N) is 1. The Hall–Kier alpha value is -0.960. The molecule has 0 aliphatic heterocycles. The lowest BCUT2D eigenvalue weighted by Crippen LogP contribution is -2.33. The van der Waals surface area contributed by atoms with Crippen LogP contribution in [0.15, 0.2) is 29.2 Å². The van der Waals surface area contributed by atoms with Crippen LogP contribution in [0, 0.1) is 0 Å². The predicted molar refractivity (Wildman–Crippen MR) is 86.4 cm³/mol. The minimum Gasteiger partial charge on any atom is -0.344 e. The molecule has 110 valence electrons. The average molecular weight is 291 g/mol. The molecule has 1 aromatic carbocycles. The predicted octanol–water partition coefficient (Wildman–Crippen LogP) is 5.33. The lowest BCUT2D eigenvalue weighted by Gasteiger charge is -2.22. The van der Waals surface area contributed by atoms with Crippen molar-refractivity contribution >= 4 is 17.0 Å². The highest BCUT2D eigenvalue weighted by atomic mass is 32.2. The highest BCUT2D eigenvalue weighted by Crippen LogP contribution is 2.25. The quantitative estimate of drug-likeness (QED) is 0.759. The highest BCUT2D eigenvalue weighted by Gasteiger charge is 2.16. The molecule has 3 heteroatoms. The Morgan fingerprint density at radius 2 is 1.90 bits per heavy atom. The van der Waals surface area contributed by atoms with Gasteiger partial charge in [-0.1, -0.05) is 45.2 Å². The molecule has 0 unspecified atom stereocenters. The first kappa shape index (κ1) is 15.4. The van der Waals surface area contributed by atoms with Crippen molar-refractivity contribution in [2.75, 3.05) is 0 Å². The van der Waals surface area contributed by atoms with Crippen molar-refractivity contribution in [1.82, 2.24) is 5.32 Å². The Morgan fingerprint density at radius 1 is 1.25 bits per heavy atom. The number of carbonyl (C=O) groups is 1. The van der Waals surface area contributed by atoms with Crippen LogP contribution in [0.2, 0.25) is 0 Å². The summed E-state index contributed by atoms with van der Waals surface area (Å²) in [6, 6.07) is 8.80. The van der Waals surface area contributed by atoms with E-state index in [1.807, 2.05) is 0 Å². The standard InChI is InChI=1S/C17H25NOS/c1-3-13(2)14-9-11-16(12-10-14)20-17(19)18-15-7-5-4-6-8-15/h9-13,15H,3-8H2,1-2H3,(H,18,19)/t13-/m0/s1. The SMILES string of the molecule is CC[C@H](C)c1ccc(SC(=O)NC2CCCCC2)cc1. The van der Waals surface area contributed by atoms with Crippen LogP contribution < -0.4 is 5.32 Å². The van der Waals surface area contributed by atoms with Crippen LogP contribution in [0.25, 0.3) is 0 Å². The van der Waals surface area contributed by atoms with Crippen LogP contribution in [0.3, 0.4) is 0 Å². The first-order chi connectivity index (χ1) is 9.69. The van der Waals surface area contributed by atoms with E-state index in [9.17, 15) is 4.79 Å².